The summed E-state index contributed by atoms with van der Waals surface area (Å²) in [6.45, 7) is 2.10. The number of furan rings is 1. The van der Waals surface area contributed by atoms with Gasteiger partial charge in [-0.2, -0.15) is 0 Å². The van der Waals surface area contributed by atoms with E-state index >= 15 is 0 Å². The van der Waals surface area contributed by atoms with Crippen LogP contribution in [0.4, 0.5) is 11.6 Å². The van der Waals surface area contributed by atoms with E-state index in [1.54, 1.807) is 6.07 Å². The predicted octanol–water partition coefficient (Wildman–Crippen LogP) is 3.31. The molecule has 18 heavy (non-hydrogen) atoms. The fraction of sp³-hybridized carbons (Fsp3) is 0.214. The van der Waals surface area contributed by atoms with Gasteiger partial charge in [-0.1, -0.05) is 19.1 Å². The summed E-state index contributed by atoms with van der Waals surface area (Å²) in [6.07, 6.45) is 0.994. The topological polar surface area (TPSA) is 53.7 Å². The van der Waals surface area contributed by atoms with Crippen molar-refractivity contribution in [3.05, 3.63) is 47.7 Å². The fourth-order valence-corrected chi connectivity index (χ4v) is 1.71. The molecule has 2 rings (SSSR count). The molecule has 0 radical (unpaired) electrons. The molecule has 1 aromatic heterocycles. The molecule has 1 N–H and O–H groups in total. The van der Waals surface area contributed by atoms with E-state index in [2.05, 4.69) is 6.92 Å². The first-order valence-electron chi connectivity index (χ1n) is 5.77. The molecular weight excluding hydrogens is 230 g/mol. The third kappa shape index (κ3) is 2.37. The van der Waals surface area contributed by atoms with Crippen molar-refractivity contribution in [1.29, 1.82) is 0 Å². The van der Waals surface area contributed by atoms with Crippen molar-refractivity contribution in [2.45, 2.75) is 13.3 Å². The van der Waals surface area contributed by atoms with E-state index in [4.69, 9.17) is 9.52 Å². The Morgan fingerprint density at radius 3 is 2.39 bits per heavy atom. The normalized spacial score (nSPS) is 10.3. The minimum Gasteiger partial charge on any atom is -0.475 e. The zero-order valence-electron chi connectivity index (χ0n) is 10.4. The van der Waals surface area contributed by atoms with Gasteiger partial charge >= 0.3 is 5.97 Å². The van der Waals surface area contributed by atoms with Crippen molar-refractivity contribution in [2.75, 3.05) is 11.9 Å². The number of benzene rings is 1. The van der Waals surface area contributed by atoms with Gasteiger partial charge in [0.05, 0.1) is 0 Å². The Bertz CT molecular complexity index is 542. The molecule has 0 aliphatic carbocycles. The van der Waals surface area contributed by atoms with Crippen molar-refractivity contribution >= 4 is 17.5 Å². The van der Waals surface area contributed by atoms with E-state index in [0.29, 0.717) is 5.88 Å². The van der Waals surface area contributed by atoms with Crippen LogP contribution in [0, 0.1) is 0 Å². The average Bonchev–Trinajstić information content (AvgIpc) is 2.88. The van der Waals surface area contributed by atoms with Crippen LogP contribution in [0.3, 0.4) is 0 Å². The first-order chi connectivity index (χ1) is 8.61. The summed E-state index contributed by atoms with van der Waals surface area (Å²) >= 11 is 0. The van der Waals surface area contributed by atoms with Crippen LogP contribution >= 0.6 is 0 Å². The van der Waals surface area contributed by atoms with Crippen LogP contribution < -0.4 is 4.90 Å². The molecule has 1 heterocycles. The number of anilines is 2. The maximum absolute atomic E-state index is 10.7. The number of carbonyl (C=O) groups is 1. The number of rotatable bonds is 4. The van der Waals surface area contributed by atoms with Gasteiger partial charge in [-0.15, -0.1) is 0 Å². The molecule has 0 aliphatic heterocycles. The third-order valence-corrected chi connectivity index (χ3v) is 2.87. The maximum atomic E-state index is 10.7. The van der Waals surface area contributed by atoms with Gasteiger partial charge in [0.2, 0.25) is 11.6 Å². The summed E-state index contributed by atoms with van der Waals surface area (Å²) in [5, 5.41) is 8.81. The number of hydrogen-bond donors (Lipinski definition) is 1. The summed E-state index contributed by atoms with van der Waals surface area (Å²) in [6, 6.07) is 11.2. The van der Waals surface area contributed by atoms with E-state index in [-0.39, 0.29) is 5.76 Å². The van der Waals surface area contributed by atoms with Gasteiger partial charge in [-0.3, -0.25) is 0 Å². The molecule has 1 aromatic carbocycles. The van der Waals surface area contributed by atoms with Crippen LogP contribution in [-0.4, -0.2) is 18.1 Å². The lowest BCUT2D eigenvalue weighted by atomic mass is 10.1. The highest BCUT2D eigenvalue weighted by Gasteiger charge is 2.12. The van der Waals surface area contributed by atoms with Crippen molar-refractivity contribution in [3.8, 4) is 0 Å². The zero-order chi connectivity index (χ0) is 13.1. The summed E-state index contributed by atoms with van der Waals surface area (Å²) < 4.78 is 5.24. The van der Waals surface area contributed by atoms with E-state index in [1.807, 2.05) is 36.2 Å². The maximum Gasteiger partial charge on any atom is 0.371 e. The molecule has 0 saturated heterocycles. The lowest BCUT2D eigenvalue weighted by molar-refractivity contribution is 0.0663. The largest absolute Gasteiger partial charge is 0.475 e. The highest BCUT2D eigenvalue weighted by atomic mass is 16.4. The second kappa shape index (κ2) is 4.96. The molecule has 4 heteroatoms. The fourth-order valence-electron chi connectivity index (χ4n) is 1.71. The molecule has 0 atom stereocenters. The number of hydrogen-bond acceptors (Lipinski definition) is 3. The molecule has 2 aromatic rings. The Morgan fingerprint density at radius 2 is 1.89 bits per heavy atom. The Balaban J connectivity index is 2.23. The Kier molecular flexibility index (Phi) is 3.37. The quantitative estimate of drug-likeness (QED) is 0.897. The van der Waals surface area contributed by atoms with Gasteiger partial charge < -0.3 is 14.4 Å². The van der Waals surface area contributed by atoms with E-state index in [0.717, 1.165) is 12.1 Å². The molecule has 0 aliphatic rings. The summed E-state index contributed by atoms with van der Waals surface area (Å²) in [5.74, 6) is -0.602. The lowest BCUT2D eigenvalue weighted by Gasteiger charge is -2.16. The van der Waals surface area contributed by atoms with Gasteiger partial charge in [0.1, 0.15) is 0 Å². The summed E-state index contributed by atoms with van der Waals surface area (Å²) in [5.41, 5.74) is 2.22. The van der Waals surface area contributed by atoms with Gasteiger partial charge in [0.25, 0.3) is 0 Å². The van der Waals surface area contributed by atoms with E-state index < -0.39 is 5.97 Å². The molecule has 0 spiro atoms. The molecule has 0 amide bonds. The number of aryl methyl sites for hydroxylation is 1. The molecule has 4 nitrogen and oxygen atoms in total. The lowest BCUT2D eigenvalue weighted by Crippen LogP contribution is -2.08. The third-order valence-electron chi connectivity index (χ3n) is 2.87. The monoisotopic (exact) mass is 245 g/mol. The van der Waals surface area contributed by atoms with Crippen LogP contribution in [0.1, 0.15) is 23.0 Å². The second-order valence-electron chi connectivity index (χ2n) is 4.02. The van der Waals surface area contributed by atoms with Crippen molar-refractivity contribution in [2.24, 2.45) is 0 Å². The van der Waals surface area contributed by atoms with Crippen LogP contribution in [0.25, 0.3) is 0 Å². The van der Waals surface area contributed by atoms with Crippen molar-refractivity contribution in [1.82, 2.24) is 0 Å². The average molecular weight is 245 g/mol. The van der Waals surface area contributed by atoms with Gasteiger partial charge in [0.15, 0.2) is 0 Å². The van der Waals surface area contributed by atoms with Crippen molar-refractivity contribution < 1.29 is 14.3 Å². The number of aromatic carboxylic acids is 1. The molecule has 94 valence electrons. The van der Waals surface area contributed by atoms with E-state index in [1.165, 1.54) is 11.6 Å². The molecule has 0 fully saturated rings. The highest BCUT2D eigenvalue weighted by Crippen LogP contribution is 2.25. The molecule has 0 bridgehead atoms. The highest BCUT2D eigenvalue weighted by molar-refractivity contribution is 5.85. The van der Waals surface area contributed by atoms with E-state index in [9.17, 15) is 4.79 Å². The minimum atomic E-state index is -1.06. The Hall–Kier alpha value is -2.23. The summed E-state index contributed by atoms with van der Waals surface area (Å²) in [4.78, 5) is 12.6. The smallest absolute Gasteiger partial charge is 0.371 e. The summed E-state index contributed by atoms with van der Waals surface area (Å²) in [7, 11) is 1.84. The van der Waals surface area contributed by atoms with Crippen LogP contribution in [-0.2, 0) is 6.42 Å². The Morgan fingerprint density at radius 1 is 1.22 bits per heavy atom. The standard InChI is InChI=1S/C14H15NO3/c1-3-10-4-6-11(7-5-10)15(2)13-9-8-12(18-13)14(16)17/h4-9H,3H2,1-2H3,(H,16,17). The molecular formula is C14H15NO3. The van der Waals surface area contributed by atoms with Crippen LogP contribution in [0.15, 0.2) is 40.8 Å². The Labute approximate surface area is 105 Å². The number of carboxylic acids is 1. The molecule has 0 unspecified atom stereocenters. The first-order valence-corrected chi connectivity index (χ1v) is 5.77. The number of nitrogens with zero attached hydrogens (tertiary/aromatic N) is 1. The number of carboxylic acid groups (broad SMARTS) is 1. The van der Waals surface area contributed by atoms with Gasteiger partial charge in [-0.25, -0.2) is 4.79 Å². The van der Waals surface area contributed by atoms with Gasteiger partial charge in [-0.05, 0) is 30.2 Å². The van der Waals surface area contributed by atoms with Crippen molar-refractivity contribution in [3.63, 3.8) is 0 Å². The second-order valence-corrected chi connectivity index (χ2v) is 4.02. The van der Waals surface area contributed by atoms with Gasteiger partial charge in [0, 0.05) is 18.8 Å². The SMILES string of the molecule is CCc1ccc(N(C)c2ccc(C(=O)O)o2)cc1. The zero-order valence-corrected chi connectivity index (χ0v) is 10.4. The predicted molar refractivity (Wildman–Crippen MR) is 69.6 cm³/mol. The minimum absolute atomic E-state index is 0.0537. The van der Waals surface area contributed by atoms with Crippen LogP contribution in [0.5, 0.6) is 0 Å². The molecule has 0 saturated carbocycles. The van der Waals surface area contributed by atoms with Crippen LogP contribution in [0.2, 0.25) is 0 Å². The first kappa shape index (κ1) is 12.2.